The van der Waals surface area contributed by atoms with Crippen molar-refractivity contribution < 1.29 is 0 Å². The molecule has 0 aliphatic carbocycles. The summed E-state index contributed by atoms with van der Waals surface area (Å²) in [6, 6.07) is 55.3. The molecule has 216 valence electrons. The summed E-state index contributed by atoms with van der Waals surface area (Å²) in [4.78, 5) is 0. The van der Waals surface area contributed by atoms with Gasteiger partial charge in [-0.25, -0.2) is 0 Å². The number of fused-ring (bicyclic) bond motifs is 10. The Kier molecular flexibility index (Phi) is 5.20. The zero-order chi connectivity index (χ0) is 30.4. The van der Waals surface area contributed by atoms with E-state index >= 15 is 0 Å². The van der Waals surface area contributed by atoms with Crippen molar-refractivity contribution in [3.63, 3.8) is 0 Å². The third-order valence-electron chi connectivity index (χ3n) is 9.80. The van der Waals surface area contributed by atoms with Crippen LogP contribution in [0.5, 0.6) is 0 Å². The van der Waals surface area contributed by atoms with Crippen molar-refractivity contribution in [1.29, 1.82) is 0 Å². The molecular formula is C43H29N3. The first-order valence-electron chi connectivity index (χ1n) is 15.9. The van der Waals surface area contributed by atoms with E-state index in [0.717, 1.165) is 11.4 Å². The summed E-state index contributed by atoms with van der Waals surface area (Å²) in [6.45, 7) is 2.19. The van der Waals surface area contributed by atoms with Crippen LogP contribution in [0.3, 0.4) is 0 Å². The number of benzene rings is 7. The fraction of sp³-hybridized carbons (Fsp3) is 0.0233. The van der Waals surface area contributed by atoms with Crippen molar-refractivity contribution in [2.45, 2.75) is 6.92 Å². The van der Waals surface area contributed by atoms with Gasteiger partial charge in [0.1, 0.15) is 0 Å². The van der Waals surface area contributed by atoms with Crippen LogP contribution in [0.1, 0.15) is 5.56 Å². The maximum atomic E-state index is 2.42. The molecule has 10 aromatic rings. The second-order valence-electron chi connectivity index (χ2n) is 12.3. The zero-order valence-corrected chi connectivity index (χ0v) is 25.4. The van der Waals surface area contributed by atoms with E-state index in [1.54, 1.807) is 0 Å². The van der Waals surface area contributed by atoms with Crippen LogP contribution < -0.4 is 0 Å². The molecule has 0 radical (unpaired) electrons. The van der Waals surface area contributed by atoms with Gasteiger partial charge in [0.15, 0.2) is 0 Å². The van der Waals surface area contributed by atoms with E-state index in [0.29, 0.717) is 0 Å². The number of nitrogens with zero attached hydrogens (tertiary/aromatic N) is 3. The Bertz CT molecular complexity index is 2750. The molecule has 0 atom stereocenters. The summed E-state index contributed by atoms with van der Waals surface area (Å²) in [5.41, 5.74) is 10.9. The van der Waals surface area contributed by atoms with E-state index in [4.69, 9.17) is 0 Å². The van der Waals surface area contributed by atoms with Gasteiger partial charge in [0.05, 0.1) is 27.6 Å². The average Bonchev–Trinajstić information content (AvgIpc) is 3.79. The molecule has 0 spiro atoms. The highest BCUT2D eigenvalue weighted by Crippen LogP contribution is 2.40. The topological polar surface area (TPSA) is 14.8 Å². The van der Waals surface area contributed by atoms with Gasteiger partial charge in [-0.3, -0.25) is 0 Å². The van der Waals surface area contributed by atoms with Crippen LogP contribution in [-0.4, -0.2) is 13.7 Å². The fourth-order valence-electron chi connectivity index (χ4n) is 7.77. The van der Waals surface area contributed by atoms with Gasteiger partial charge in [-0.2, -0.15) is 0 Å². The quantitative estimate of drug-likeness (QED) is 0.195. The second-order valence-corrected chi connectivity index (χ2v) is 12.3. The molecule has 46 heavy (non-hydrogen) atoms. The highest BCUT2D eigenvalue weighted by Gasteiger charge is 2.18. The Morgan fingerprint density at radius 1 is 0.391 bits per heavy atom. The van der Waals surface area contributed by atoms with Crippen LogP contribution >= 0.6 is 0 Å². The van der Waals surface area contributed by atoms with Crippen LogP contribution in [0.2, 0.25) is 0 Å². The molecule has 0 saturated carbocycles. The third kappa shape index (κ3) is 3.43. The van der Waals surface area contributed by atoms with E-state index in [2.05, 4.69) is 178 Å². The highest BCUT2D eigenvalue weighted by molar-refractivity contribution is 6.25. The van der Waals surface area contributed by atoms with Crippen LogP contribution in [0.15, 0.2) is 158 Å². The Morgan fingerprint density at radius 2 is 0.935 bits per heavy atom. The van der Waals surface area contributed by atoms with Crippen molar-refractivity contribution >= 4 is 65.3 Å². The minimum absolute atomic E-state index is 1.15. The normalized spacial score (nSPS) is 12.0. The Labute approximate surface area is 265 Å². The SMILES string of the molecule is Cc1ccccc1-n1ccc2ccc3c(ccc4c3c3ccccc3n4-c3ccc(-n4c5ccccc5c5ccccc54)cc3)c21. The molecule has 0 saturated heterocycles. The van der Waals surface area contributed by atoms with Crippen LogP contribution in [0, 0.1) is 6.92 Å². The molecule has 0 N–H and O–H groups in total. The summed E-state index contributed by atoms with van der Waals surface area (Å²) < 4.78 is 7.15. The molecule has 0 amide bonds. The van der Waals surface area contributed by atoms with Gasteiger partial charge >= 0.3 is 0 Å². The second kappa shape index (κ2) is 9.47. The molecular weight excluding hydrogens is 558 g/mol. The minimum atomic E-state index is 1.15. The molecule has 0 aliphatic heterocycles. The van der Waals surface area contributed by atoms with E-state index in [-0.39, 0.29) is 0 Å². The molecule has 0 unspecified atom stereocenters. The number of aryl methyl sites for hydroxylation is 1. The maximum Gasteiger partial charge on any atom is 0.0607 e. The van der Waals surface area contributed by atoms with E-state index < -0.39 is 0 Å². The highest BCUT2D eigenvalue weighted by atomic mass is 15.0. The number of hydrogen-bond acceptors (Lipinski definition) is 0. The standard InChI is InChI=1S/C43H29N3/c1-28-10-2-6-14-37(28)44-27-26-29-18-23-34-35(43(29)44)24-25-41-42(34)36-13-5-9-17-40(36)46(41)31-21-19-30(20-22-31)45-38-15-7-3-11-32(38)33-12-4-8-16-39(33)45/h2-27H,1H3. The average molecular weight is 588 g/mol. The minimum Gasteiger partial charge on any atom is -0.316 e. The number of hydrogen-bond donors (Lipinski definition) is 0. The van der Waals surface area contributed by atoms with Crippen molar-refractivity contribution in [1.82, 2.24) is 13.7 Å². The summed E-state index contributed by atoms with van der Waals surface area (Å²) in [5.74, 6) is 0. The number of rotatable bonds is 3. The Balaban J connectivity index is 1.20. The first-order valence-corrected chi connectivity index (χ1v) is 15.9. The summed E-state index contributed by atoms with van der Waals surface area (Å²) in [7, 11) is 0. The molecule has 0 aliphatic rings. The van der Waals surface area contributed by atoms with Gasteiger partial charge < -0.3 is 13.7 Å². The van der Waals surface area contributed by atoms with E-state index in [1.807, 2.05) is 0 Å². The molecule has 3 nitrogen and oxygen atoms in total. The number of para-hydroxylation sites is 4. The summed E-state index contributed by atoms with van der Waals surface area (Å²) in [6.07, 6.45) is 2.21. The maximum absolute atomic E-state index is 2.42. The van der Waals surface area contributed by atoms with Gasteiger partial charge in [-0.05, 0) is 78.5 Å². The van der Waals surface area contributed by atoms with E-state index in [1.165, 1.54) is 76.5 Å². The lowest BCUT2D eigenvalue weighted by Gasteiger charge is -2.13. The van der Waals surface area contributed by atoms with Crippen molar-refractivity contribution in [2.24, 2.45) is 0 Å². The van der Waals surface area contributed by atoms with Gasteiger partial charge in [0.2, 0.25) is 0 Å². The fourth-order valence-corrected chi connectivity index (χ4v) is 7.77. The molecule has 7 aromatic carbocycles. The van der Waals surface area contributed by atoms with Gasteiger partial charge in [-0.1, -0.05) is 91.0 Å². The van der Waals surface area contributed by atoms with Crippen molar-refractivity contribution in [2.75, 3.05) is 0 Å². The summed E-state index contributed by atoms with van der Waals surface area (Å²) >= 11 is 0. The summed E-state index contributed by atoms with van der Waals surface area (Å²) in [5, 5.41) is 8.90. The monoisotopic (exact) mass is 587 g/mol. The first-order chi connectivity index (χ1) is 22.8. The number of aromatic nitrogens is 3. The van der Waals surface area contributed by atoms with Crippen LogP contribution in [0.4, 0.5) is 0 Å². The zero-order valence-electron chi connectivity index (χ0n) is 25.4. The van der Waals surface area contributed by atoms with Crippen LogP contribution in [-0.2, 0) is 0 Å². The molecule has 3 heteroatoms. The molecule has 10 rings (SSSR count). The molecule has 0 fully saturated rings. The molecule has 3 aromatic heterocycles. The van der Waals surface area contributed by atoms with Crippen molar-refractivity contribution in [3.05, 3.63) is 163 Å². The lowest BCUT2D eigenvalue weighted by Crippen LogP contribution is -1.97. The Morgan fingerprint density at radius 3 is 1.61 bits per heavy atom. The predicted octanol–water partition coefficient (Wildman–Crippen LogP) is 11.3. The largest absolute Gasteiger partial charge is 0.316 e. The first kappa shape index (κ1) is 25.3. The third-order valence-corrected chi connectivity index (χ3v) is 9.80. The van der Waals surface area contributed by atoms with Gasteiger partial charge in [0, 0.05) is 55.6 Å². The van der Waals surface area contributed by atoms with E-state index in [9.17, 15) is 0 Å². The van der Waals surface area contributed by atoms with Crippen LogP contribution in [0.25, 0.3) is 82.3 Å². The Hall–Kier alpha value is -6.06. The smallest absolute Gasteiger partial charge is 0.0607 e. The predicted molar refractivity (Wildman–Crippen MR) is 194 cm³/mol. The lowest BCUT2D eigenvalue weighted by molar-refractivity contribution is 1.11. The lowest BCUT2D eigenvalue weighted by atomic mass is 10.0. The van der Waals surface area contributed by atoms with Crippen molar-refractivity contribution in [3.8, 4) is 17.1 Å². The van der Waals surface area contributed by atoms with Gasteiger partial charge in [0.25, 0.3) is 0 Å². The molecule has 3 heterocycles. The van der Waals surface area contributed by atoms with Gasteiger partial charge in [-0.15, -0.1) is 0 Å². The molecule has 0 bridgehead atoms.